The average Bonchev–Trinajstić information content (AvgIpc) is 2.89. The molecular formula is C17H16O4. The minimum Gasteiger partial charge on any atom is -0.493 e. The molecule has 108 valence electrons. The van der Waals surface area contributed by atoms with Crippen LogP contribution in [0.5, 0.6) is 11.5 Å². The molecule has 2 aromatic rings. The highest BCUT2D eigenvalue weighted by molar-refractivity contribution is 5.88. The van der Waals surface area contributed by atoms with Crippen LogP contribution in [0, 0.1) is 6.92 Å². The Kier molecular flexibility index (Phi) is 3.52. The van der Waals surface area contributed by atoms with Crippen LogP contribution in [-0.2, 0) is 0 Å². The molecule has 1 aliphatic heterocycles. The van der Waals surface area contributed by atoms with Gasteiger partial charge in [0.15, 0.2) is 0 Å². The molecule has 4 nitrogen and oxygen atoms in total. The summed E-state index contributed by atoms with van der Waals surface area (Å²) in [5.41, 5.74) is 2.30. The molecule has 0 aromatic heterocycles. The van der Waals surface area contributed by atoms with Crippen molar-refractivity contribution in [2.24, 2.45) is 0 Å². The van der Waals surface area contributed by atoms with E-state index in [0.29, 0.717) is 19.0 Å². The van der Waals surface area contributed by atoms with Crippen LogP contribution in [-0.4, -0.2) is 24.3 Å². The van der Waals surface area contributed by atoms with Crippen molar-refractivity contribution in [2.45, 2.75) is 12.8 Å². The molecule has 1 heterocycles. The summed E-state index contributed by atoms with van der Waals surface area (Å²) >= 11 is 0. The second-order valence-electron chi connectivity index (χ2n) is 5.14. The summed E-state index contributed by atoms with van der Waals surface area (Å²) in [7, 11) is 0. The van der Waals surface area contributed by atoms with E-state index in [4.69, 9.17) is 14.6 Å². The first-order valence-electron chi connectivity index (χ1n) is 6.83. The number of carbonyl (C=O) groups is 1. The highest BCUT2D eigenvalue weighted by atomic mass is 16.5. The van der Waals surface area contributed by atoms with E-state index >= 15 is 0 Å². The second kappa shape index (κ2) is 5.48. The van der Waals surface area contributed by atoms with Gasteiger partial charge in [0, 0.05) is 5.56 Å². The van der Waals surface area contributed by atoms with Crippen molar-refractivity contribution < 1.29 is 19.4 Å². The molecule has 3 rings (SSSR count). The molecule has 0 spiro atoms. The lowest BCUT2D eigenvalue weighted by molar-refractivity contribution is 0.0696. The first kappa shape index (κ1) is 13.5. The van der Waals surface area contributed by atoms with Crippen LogP contribution in [0.25, 0.3) is 0 Å². The van der Waals surface area contributed by atoms with Crippen LogP contribution in [0.3, 0.4) is 0 Å². The number of benzene rings is 2. The van der Waals surface area contributed by atoms with Crippen molar-refractivity contribution in [2.75, 3.05) is 13.2 Å². The Morgan fingerprint density at radius 2 is 2.14 bits per heavy atom. The molecule has 0 bridgehead atoms. The molecule has 1 N–H and O–H groups in total. The minimum absolute atomic E-state index is 0.175. The van der Waals surface area contributed by atoms with E-state index in [1.54, 1.807) is 18.2 Å². The molecule has 0 amide bonds. The zero-order valence-corrected chi connectivity index (χ0v) is 11.7. The van der Waals surface area contributed by atoms with Gasteiger partial charge in [-0.05, 0) is 30.7 Å². The Hall–Kier alpha value is -2.49. The smallest absolute Gasteiger partial charge is 0.335 e. The predicted molar refractivity (Wildman–Crippen MR) is 78.3 cm³/mol. The maximum absolute atomic E-state index is 11.0. The molecule has 4 heteroatoms. The zero-order valence-electron chi connectivity index (χ0n) is 11.7. The number of para-hydroxylation sites is 1. The molecular weight excluding hydrogens is 268 g/mol. The number of fused-ring (bicyclic) bond motifs is 1. The highest BCUT2D eigenvalue weighted by Crippen LogP contribution is 2.34. The van der Waals surface area contributed by atoms with Gasteiger partial charge in [-0.3, -0.25) is 0 Å². The lowest BCUT2D eigenvalue weighted by Crippen LogP contribution is -2.12. The molecule has 0 radical (unpaired) electrons. The summed E-state index contributed by atoms with van der Waals surface area (Å²) in [6, 6.07) is 12.8. The van der Waals surface area contributed by atoms with Gasteiger partial charge >= 0.3 is 5.97 Å². The zero-order chi connectivity index (χ0) is 14.8. The van der Waals surface area contributed by atoms with Crippen molar-refractivity contribution >= 4 is 5.97 Å². The topological polar surface area (TPSA) is 55.8 Å². The van der Waals surface area contributed by atoms with Crippen molar-refractivity contribution in [1.29, 1.82) is 0 Å². The first-order valence-corrected chi connectivity index (χ1v) is 6.83. The predicted octanol–water partition coefficient (Wildman–Crippen LogP) is 3.25. The fourth-order valence-electron chi connectivity index (χ4n) is 2.45. The molecule has 0 aliphatic carbocycles. The van der Waals surface area contributed by atoms with Gasteiger partial charge in [0.05, 0.1) is 24.7 Å². The van der Waals surface area contributed by atoms with E-state index in [1.807, 2.05) is 31.2 Å². The lowest BCUT2D eigenvalue weighted by atomic mass is 10.0. The van der Waals surface area contributed by atoms with Gasteiger partial charge in [0.1, 0.15) is 11.5 Å². The normalized spacial score (nSPS) is 16.1. The van der Waals surface area contributed by atoms with Crippen LogP contribution in [0.1, 0.15) is 27.4 Å². The molecule has 2 aromatic carbocycles. The second-order valence-corrected chi connectivity index (χ2v) is 5.14. The fraction of sp³-hybridized carbons (Fsp3) is 0.235. The van der Waals surface area contributed by atoms with Gasteiger partial charge in [-0.15, -0.1) is 0 Å². The number of aromatic carboxylic acids is 1. The van der Waals surface area contributed by atoms with Gasteiger partial charge < -0.3 is 14.6 Å². The number of rotatable bonds is 4. The van der Waals surface area contributed by atoms with Crippen molar-refractivity contribution in [1.82, 2.24) is 0 Å². The monoisotopic (exact) mass is 284 g/mol. The Morgan fingerprint density at radius 1 is 1.33 bits per heavy atom. The molecule has 1 atom stereocenters. The lowest BCUT2D eigenvalue weighted by Gasteiger charge is -2.13. The van der Waals surface area contributed by atoms with E-state index in [0.717, 1.165) is 16.9 Å². The fourth-order valence-corrected chi connectivity index (χ4v) is 2.45. The molecule has 1 unspecified atom stereocenters. The summed E-state index contributed by atoms with van der Waals surface area (Å²) < 4.78 is 11.4. The van der Waals surface area contributed by atoms with Gasteiger partial charge in [-0.2, -0.15) is 0 Å². The van der Waals surface area contributed by atoms with Crippen LogP contribution in [0.4, 0.5) is 0 Å². The Balaban J connectivity index is 1.74. The number of carboxylic acids is 1. The summed E-state index contributed by atoms with van der Waals surface area (Å²) in [6.07, 6.45) is 0. The van der Waals surface area contributed by atoms with E-state index in [-0.39, 0.29) is 11.5 Å². The van der Waals surface area contributed by atoms with Gasteiger partial charge in [0.25, 0.3) is 0 Å². The summed E-state index contributed by atoms with van der Waals surface area (Å²) in [5, 5.41) is 9.03. The summed E-state index contributed by atoms with van der Waals surface area (Å²) in [4.78, 5) is 11.0. The minimum atomic E-state index is -0.950. The number of ether oxygens (including phenoxy) is 2. The van der Waals surface area contributed by atoms with Crippen LogP contribution < -0.4 is 9.47 Å². The third-order valence-electron chi connectivity index (χ3n) is 3.67. The molecule has 1 aliphatic rings. The third-order valence-corrected chi connectivity index (χ3v) is 3.67. The Labute approximate surface area is 122 Å². The summed E-state index contributed by atoms with van der Waals surface area (Å²) in [6.45, 7) is 2.97. The Bertz CT molecular complexity index is 678. The highest BCUT2D eigenvalue weighted by Gasteiger charge is 2.24. The SMILES string of the molecule is Cc1ccc(C(=O)O)cc1OCC1COc2ccccc21. The quantitative estimate of drug-likeness (QED) is 0.936. The van der Waals surface area contributed by atoms with Crippen LogP contribution >= 0.6 is 0 Å². The van der Waals surface area contributed by atoms with Gasteiger partial charge in [-0.25, -0.2) is 4.79 Å². The average molecular weight is 284 g/mol. The Morgan fingerprint density at radius 3 is 2.95 bits per heavy atom. The van der Waals surface area contributed by atoms with Gasteiger partial charge in [-0.1, -0.05) is 24.3 Å². The van der Waals surface area contributed by atoms with Crippen molar-refractivity contribution in [3.63, 3.8) is 0 Å². The largest absolute Gasteiger partial charge is 0.493 e. The van der Waals surface area contributed by atoms with Crippen LogP contribution in [0.15, 0.2) is 42.5 Å². The molecule has 0 saturated heterocycles. The number of hydrogen-bond acceptors (Lipinski definition) is 3. The molecule has 0 fully saturated rings. The number of aryl methyl sites for hydroxylation is 1. The maximum atomic E-state index is 11.0. The number of hydrogen-bond donors (Lipinski definition) is 1. The van der Waals surface area contributed by atoms with Crippen molar-refractivity contribution in [3.05, 3.63) is 59.2 Å². The van der Waals surface area contributed by atoms with E-state index < -0.39 is 5.97 Å². The first-order chi connectivity index (χ1) is 10.1. The van der Waals surface area contributed by atoms with Crippen LogP contribution in [0.2, 0.25) is 0 Å². The molecule has 21 heavy (non-hydrogen) atoms. The van der Waals surface area contributed by atoms with Crippen molar-refractivity contribution in [3.8, 4) is 11.5 Å². The maximum Gasteiger partial charge on any atom is 0.335 e. The third kappa shape index (κ3) is 2.70. The number of carboxylic acid groups (broad SMARTS) is 1. The van der Waals surface area contributed by atoms with E-state index in [9.17, 15) is 4.79 Å². The standard InChI is InChI=1S/C17H16O4/c1-11-6-7-12(17(18)19)8-16(11)21-10-13-9-20-15-5-3-2-4-14(13)15/h2-8,13H,9-10H2,1H3,(H,18,19). The van der Waals surface area contributed by atoms with E-state index in [2.05, 4.69) is 0 Å². The molecule has 0 saturated carbocycles. The summed E-state index contributed by atoms with van der Waals surface area (Å²) in [5.74, 6) is 0.741. The van der Waals surface area contributed by atoms with E-state index in [1.165, 1.54) is 0 Å². The van der Waals surface area contributed by atoms with Gasteiger partial charge in [0.2, 0.25) is 0 Å².